The van der Waals surface area contributed by atoms with Crippen LogP contribution in [0.5, 0.6) is 0 Å². The van der Waals surface area contributed by atoms with Crippen LogP contribution in [0, 0.1) is 5.92 Å². The molecule has 0 aromatic carbocycles. The number of esters is 1. The highest BCUT2D eigenvalue weighted by molar-refractivity contribution is 5.76. The number of carbonyl (C=O) groups excluding carboxylic acids is 1. The lowest BCUT2D eigenvalue weighted by Gasteiger charge is -2.11. The number of hydrogen-bond acceptors (Lipinski definition) is 3. The Bertz CT molecular complexity index is 193. The molecule has 0 unspecified atom stereocenters. The van der Waals surface area contributed by atoms with Crippen molar-refractivity contribution in [2.45, 2.75) is 44.7 Å². The van der Waals surface area contributed by atoms with E-state index in [0.717, 1.165) is 12.3 Å². The van der Waals surface area contributed by atoms with Crippen LogP contribution in [-0.2, 0) is 9.53 Å². The lowest BCUT2D eigenvalue weighted by atomic mass is 10.0. The van der Waals surface area contributed by atoms with E-state index in [0.29, 0.717) is 12.6 Å². The van der Waals surface area contributed by atoms with Gasteiger partial charge in [0.2, 0.25) is 0 Å². The van der Waals surface area contributed by atoms with E-state index in [1.165, 1.54) is 19.3 Å². The van der Waals surface area contributed by atoms with E-state index in [1.54, 1.807) is 0 Å². The Hall–Kier alpha value is -0.570. The first-order chi connectivity index (χ1) is 6.31. The minimum absolute atomic E-state index is 0.0183. The number of fused-ring (bicyclic) bond motifs is 1. The van der Waals surface area contributed by atoms with E-state index in [9.17, 15) is 4.79 Å². The van der Waals surface area contributed by atoms with Crippen LogP contribution in [0.4, 0.5) is 0 Å². The molecule has 0 bridgehead atoms. The van der Waals surface area contributed by atoms with Crippen molar-refractivity contribution in [1.29, 1.82) is 0 Å². The Morgan fingerprint density at radius 2 is 2.38 bits per heavy atom. The second-order valence-corrected chi connectivity index (χ2v) is 4.00. The van der Waals surface area contributed by atoms with Gasteiger partial charge in [0, 0.05) is 6.04 Å². The van der Waals surface area contributed by atoms with Crippen LogP contribution in [0.15, 0.2) is 0 Å². The van der Waals surface area contributed by atoms with Gasteiger partial charge in [-0.2, -0.15) is 0 Å². The van der Waals surface area contributed by atoms with Gasteiger partial charge in [-0.3, -0.25) is 4.79 Å². The molecule has 2 aliphatic rings. The summed E-state index contributed by atoms with van der Waals surface area (Å²) in [5, 5.41) is 3.36. The molecule has 1 saturated heterocycles. The summed E-state index contributed by atoms with van der Waals surface area (Å²) in [5.41, 5.74) is 0. The Balaban J connectivity index is 1.87. The summed E-state index contributed by atoms with van der Waals surface area (Å²) < 4.78 is 4.99. The maximum absolute atomic E-state index is 11.4. The van der Waals surface area contributed by atoms with Gasteiger partial charge in [-0.25, -0.2) is 0 Å². The van der Waals surface area contributed by atoms with Gasteiger partial charge in [0.15, 0.2) is 0 Å². The summed E-state index contributed by atoms with van der Waals surface area (Å²) in [5.74, 6) is 0.673. The first-order valence-electron chi connectivity index (χ1n) is 5.24. The van der Waals surface area contributed by atoms with E-state index in [2.05, 4.69) is 5.32 Å². The molecule has 1 saturated carbocycles. The summed E-state index contributed by atoms with van der Waals surface area (Å²) in [7, 11) is 0. The van der Waals surface area contributed by atoms with Gasteiger partial charge in [0.25, 0.3) is 0 Å². The Morgan fingerprint density at radius 3 is 3.08 bits per heavy atom. The van der Waals surface area contributed by atoms with Crippen molar-refractivity contribution in [1.82, 2.24) is 5.32 Å². The summed E-state index contributed by atoms with van der Waals surface area (Å²) in [6.07, 6.45) is 4.83. The van der Waals surface area contributed by atoms with Crippen LogP contribution in [0.25, 0.3) is 0 Å². The fraction of sp³-hybridized carbons (Fsp3) is 0.900. The van der Waals surface area contributed by atoms with Crippen molar-refractivity contribution in [2.24, 2.45) is 5.92 Å². The van der Waals surface area contributed by atoms with Crippen molar-refractivity contribution < 1.29 is 9.53 Å². The van der Waals surface area contributed by atoms with Crippen LogP contribution in [0.3, 0.4) is 0 Å². The number of nitrogens with one attached hydrogen (secondary N) is 1. The molecule has 3 heteroatoms. The molecule has 0 amide bonds. The molecular weight excluding hydrogens is 166 g/mol. The molecule has 1 aliphatic carbocycles. The van der Waals surface area contributed by atoms with Crippen molar-refractivity contribution in [3.05, 3.63) is 0 Å². The average Bonchev–Trinajstić information content (AvgIpc) is 2.61. The SMILES string of the molecule is CCOC(=O)[C@H]1C[C@H]2CCC[C@H]2N1. The molecule has 0 aromatic heterocycles. The largest absolute Gasteiger partial charge is 0.465 e. The second-order valence-electron chi connectivity index (χ2n) is 4.00. The fourth-order valence-corrected chi connectivity index (χ4v) is 2.57. The molecule has 2 fully saturated rings. The van der Waals surface area contributed by atoms with Gasteiger partial charge in [0.05, 0.1) is 6.61 Å². The highest BCUT2D eigenvalue weighted by atomic mass is 16.5. The number of rotatable bonds is 2. The van der Waals surface area contributed by atoms with Gasteiger partial charge in [-0.05, 0) is 32.1 Å². The number of ether oxygens (including phenoxy) is 1. The Kier molecular flexibility index (Phi) is 2.54. The lowest BCUT2D eigenvalue weighted by Crippen LogP contribution is -2.36. The van der Waals surface area contributed by atoms with Crippen LogP contribution in [-0.4, -0.2) is 24.7 Å². The standard InChI is InChI=1S/C10H17NO2/c1-2-13-10(12)9-6-7-4-3-5-8(7)11-9/h7-9,11H,2-6H2,1H3/t7-,8-,9-/m1/s1. The molecule has 2 rings (SSSR count). The van der Waals surface area contributed by atoms with Gasteiger partial charge < -0.3 is 10.1 Å². The smallest absolute Gasteiger partial charge is 0.323 e. The van der Waals surface area contributed by atoms with Crippen LogP contribution < -0.4 is 5.32 Å². The second kappa shape index (κ2) is 3.66. The minimum atomic E-state index is -0.0584. The molecule has 1 aliphatic heterocycles. The fourth-order valence-electron chi connectivity index (χ4n) is 2.57. The van der Waals surface area contributed by atoms with E-state index in [4.69, 9.17) is 4.74 Å². The predicted molar refractivity (Wildman–Crippen MR) is 49.3 cm³/mol. The van der Waals surface area contributed by atoms with Crippen LogP contribution in [0.2, 0.25) is 0 Å². The molecule has 0 aromatic rings. The Labute approximate surface area is 78.8 Å². The van der Waals surface area contributed by atoms with Crippen LogP contribution >= 0.6 is 0 Å². The molecule has 0 spiro atoms. The molecule has 3 nitrogen and oxygen atoms in total. The van der Waals surface area contributed by atoms with Crippen molar-refractivity contribution in [2.75, 3.05) is 6.61 Å². The van der Waals surface area contributed by atoms with Gasteiger partial charge in [-0.1, -0.05) is 6.42 Å². The maximum Gasteiger partial charge on any atom is 0.323 e. The number of carbonyl (C=O) groups is 1. The Morgan fingerprint density at radius 1 is 1.54 bits per heavy atom. The third-order valence-corrected chi connectivity index (χ3v) is 3.18. The topological polar surface area (TPSA) is 38.3 Å². The third kappa shape index (κ3) is 1.70. The molecule has 1 N–H and O–H groups in total. The van der Waals surface area contributed by atoms with E-state index < -0.39 is 0 Å². The maximum atomic E-state index is 11.4. The van der Waals surface area contributed by atoms with E-state index >= 15 is 0 Å². The quantitative estimate of drug-likeness (QED) is 0.651. The van der Waals surface area contributed by atoms with Crippen molar-refractivity contribution in [3.8, 4) is 0 Å². The highest BCUT2D eigenvalue weighted by Crippen LogP contribution is 2.34. The minimum Gasteiger partial charge on any atom is -0.465 e. The van der Waals surface area contributed by atoms with Crippen molar-refractivity contribution in [3.63, 3.8) is 0 Å². The van der Waals surface area contributed by atoms with Gasteiger partial charge >= 0.3 is 5.97 Å². The van der Waals surface area contributed by atoms with Crippen molar-refractivity contribution >= 4 is 5.97 Å². The summed E-state index contributed by atoms with van der Waals surface area (Å²) in [6, 6.07) is 0.574. The van der Waals surface area contributed by atoms with Gasteiger partial charge in [0.1, 0.15) is 6.04 Å². The highest BCUT2D eigenvalue weighted by Gasteiger charge is 2.40. The van der Waals surface area contributed by atoms with Crippen LogP contribution in [0.1, 0.15) is 32.6 Å². The molecule has 13 heavy (non-hydrogen) atoms. The van der Waals surface area contributed by atoms with E-state index in [1.807, 2.05) is 6.92 Å². The zero-order valence-electron chi connectivity index (χ0n) is 8.08. The molecule has 0 radical (unpaired) electrons. The first kappa shape index (κ1) is 9.00. The summed E-state index contributed by atoms with van der Waals surface area (Å²) in [6.45, 7) is 2.35. The monoisotopic (exact) mass is 183 g/mol. The van der Waals surface area contributed by atoms with Gasteiger partial charge in [-0.15, -0.1) is 0 Å². The average molecular weight is 183 g/mol. The third-order valence-electron chi connectivity index (χ3n) is 3.18. The summed E-state index contributed by atoms with van der Waals surface area (Å²) in [4.78, 5) is 11.4. The molecule has 1 heterocycles. The summed E-state index contributed by atoms with van der Waals surface area (Å²) >= 11 is 0. The molecule has 74 valence electrons. The zero-order valence-corrected chi connectivity index (χ0v) is 8.08. The zero-order chi connectivity index (χ0) is 9.26. The lowest BCUT2D eigenvalue weighted by molar-refractivity contribution is -0.145. The predicted octanol–water partition coefficient (Wildman–Crippen LogP) is 1.08. The van der Waals surface area contributed by atoms with E-state index in [-0.39, 0.29) is 12.0 Å². The molecular formula is C10H17NO2. The first-order valence-corrected chi connectivity index (χ1v) is 5.24. The molecule has 3 atom stereocenters. The number of hydrogen-bond donors (Lipinski definition) is 1. The normalized spacial score (nSPS) is 37.5.